The Balaban J connectivity index is 2.02. The average Bonchev–Trinajstić information content (AvgIpc) is 2.62. The Hall–Kier alpha value is -2.75. The largest absolute Gasteiger partial charge is 0.489 e. The van der Waals surface area contributed by atoms with Gasteiger partial charge in [-0.25, -0.2) is 0 Å². The van der Waals surface area contributed by atoms with Gasteiger partial charge >= 0.3 is 0 Å². The summed E-state index contributed by atoms with van der Waals surface area (Å²) in [4.78, 5) is 14.8. The second-order valence-corrected chi connectivity index (χ2v) is 5.73. The minimum absolute atomic E-state index is 0.0507. The van der Waals surface area contributed by atoms with Crippen molar-refractivity contribution < 1.29 is 9.53 Å². The minimum atomic E-state index is -0.242. The molecular weight excluding hydrogens is 300 g/mol. The van der Waals surface area contributed by atoms with E-state index in [-0.39, 0.29) is 12.1 Å². The van der Waals surface area contributed by atoms with E-state index in [0.717, 1.165) is 23.4 Å². The number of carbonyl (C=O) groups excluding carboxylic acids is 1. The third-order valence-electron chi connectivity index (χ3n) is 4.06. The molecule has 1 aliphatic rings. The van der Waals surface area contributed by atoms with Gasteiger partial charge in [0.05, 0.1) is 5.56 Å². The Kier molecular flexibility index (Phi) is 4.85. The number of hydrogen-bond acceptors (Lipinski definition) is 3. The summed E-state index contributed by atoms with van der Waals surface area (Å²) in [6.07, 6.45) is 2.37. The lowest BCUT2D eigenvalue weighted by Crippen LogP contribution is -2.43. The molecule has 124 valence electrons. The topological polar surface area (TPSA) is 41.6 Å². The molecule has 1 aliphatic heterocycles. The number of ether oxygens (including phenoxy) is 1. The van der Waals surface area contributed by atoms with Gasteiger partial charge in [0.25, 0.3) is 5.91 Å². The zero-order valence-corrected chi connectivity index (χ0v) is 13.9. The zero-order valence-electron chi connectivity index (χ0n) is 13.9. The highest BCUT2D eigenvalue weighted by atomic mass is 16.5. The van der Waals surface area contributed by atoms with Crippen molar-refractivity contribution in [1.82, 2.24) is 4.90 Å². The van der Waals surface area contributed by atoms with Crippen LogP contribution in [0, 0.1) is 0 Å². The second-order valence-electron chi connectivity index (χ2n) is 5.73. The molecule has 1 amide bonds. The molecule has 4 nitrogen and oxygen atoms in total. The Morgan fingerprint density at radius 1 is 1.21 bits per heavy atom. The quantitative estimate of drug-likeness (QED) is 0.809. The van der Waals surface area contributed by atoms with E-state index in [1.165, 1.54) is 0 Å². The highest BCUT2D eigenvalue weighted by Crippen LogP contribution is 2.36. The fraction of sp³-hybridized carbons (Fsp3) is 0.250. The van der Waals surface area contributed by atoms with Crippen LogP contribution in [0.15, 0.2) is 61.2 Å². The van der Waals surface area contributed by atoms with Crippen LogP contribution in [0.3, 0.4) is 0 Å². The monoisotopic (exact) mass is 322 g/mol. The SMILES string of the molecule is C=CCOc1ccccc1[C@@H]1Nc2ccccc2C(=O)N1CCC. The van der Waals surface area contributed by atoms with Crippen LogP contribution >= 0.6 is 0 Å². The molecule has 0 spiro atoms. The second kappa shape index (κ2) is 7.21. The average molecular weight is 322 g/mol. The van der Waals surface area contributed by atoms with Crippen molar-refractivity contribution >= 4 is 11.6 Å². The lowest BCUT2D eigenvalue weighted by molar-refractivity contribution is 0.0681. The first-order valence-electron chi connectivity index (χ1n) is 8.25. The fourth-order valence-electron chi connectivity index (χ4n) is 3.00. The summed E-state index contributed by atoms with van der Waals surface area (Å²) >= 11 is 0. The molecular formula is C20H22N2O2. The first-order chi connectivity index (χ1) is 11.8. The molecule has 24 heavy (non-hydrogen) atoms. The molecule has 1 atom stereocenters. The van der Waals surface area contributed by atoms with Gasteiger partial charge in [0, 0.05) is 17.8 Å². The number of nitrogens with one attached hydrogen (secondary N) is 1. The van der Waals surface area contributed by atoms with E-state index < -0.39 is 0 Å². The summed E-state index contributed by atoms with van der Waals surface area (Å²) in [7, 11) is 0. The number of fused-ring (bicyclic) bond motifs is 1. The molecule has 0 aromatic heterocycles. The van der Waals surface area contributed by atoms with Crippen LogP contribution in [0.1, 0.15) is 35.4 Å². The first-order valence-corrected chi connectivity index (χ1v) is 8.25. The van der Waals surface area contributed by atoms with Crippen LogP contribution in [0.25, 0.3) is 0 Å². The van der Waals surface area contributed by atoms with Crippen LogP contribution in [-0.2, 0) is 0 Å². The highest BCUT2D eigenvalue weighted by molar-refractivity contribution is 6.01. The normalized spacial score (nSPS) is 16.3. The van der Waals surface area contributed by atoms with Crippen molar-refractivity contribution in [3.63, 3.8) is 0 Å². The maximum atomic E-state index is 12.9. The number of benzene rings is 2. The van der Waals surface area contributed by atoms with Crippen LogP contribution in [0.5, 0.6) is 5.75 Å². The van der Waals surface area contributed by atoms with Crippen molar-refractivity contribution in [2.75, 3.05) is 18.5 Å². The third kappa shape index (κ3) is 3.00. The predicted octanol–water partition coefficient (Wildman–Crippen LogP) is 4.23. The van der Waals surface area contributed by atoms with E-state index in [0.29, 0.717) is 18.7 Å². The van der Waals surface area contributed by atoms with Crippen molar-refractivity contribution in [3.05, 3.63) is 72.3 Å². The molecule has 0 unspecified atom stereocenters. The van der Waals surface area contributed by atoms with Gasteiger partial charge < -0.3 is 15.0 Å². The lowest BCUT2D eigenvalue weighted by Gasteiger charge is -2.38. The number of anilines is 1. The molecule has 3 rings (SSSR count). The van der Waals surface area contributed by atoms with E-state index in [4.69, 9.17) is 4.74 Å². The molecule has 0 saturated carbocycles. The number of carbonyl (C=O) groups is 1. The fourth-order valence-corrected chi connectivity index (χ4v) is 3.00. The zero-order chi connectivity index (χ0) is 16.9. The van der Waals surface area contributed by atoms with E-state index in [1.54, 1.807) is 6.08 Å². The number of hydrogen-bond donors (Lipinski definition) is 1. The number of para-hydroxylation sites is 2. The molecule has 1 heterocycles. The summed E-state index contributed by atoms with van der Waals surface area (Å²) in [5.41, 5.74) is 2.53. The predicted molar refractivity (Wildman–Crippen MR) is 96.3 cm³/mol. The molecule has 0 aliphatic carbocycles. The summed E-state index contributed by atoms with van der Waals surface area (Å²) < 4.78 is 5.79. The van der Waals surface area contributed by atoms with Crippen molar-refractivity contribution in [1.29, 1.82) is 0 Å². The maximum Gasteiger partial charge on any atom is 0.257 e. The molecule has 4 heteroatoms. The number of rotatable bonds is 6. The Bertz CT molecular complexity index is 742. The number of nitrogens with zero attached hydrogens (tertiary/aromatic N) is 1. The maximum absolute atomic E-state index is 12.9. The summed E-state index contributed by atoms with van der Waals surface area (Å²) in [5, 5.41) is 3.49. The highest BCUT2D eigenvalue weighted by Gasteiger charge is 2.33. The molecule has 0 saturated heterocycles. The van der Waals surface area contributed by atoms with Gasteiger partial charge in [0.2, 0.25) is 0 Å². The smallest absolute Gasteiger partial charge is 0.257 e. The van der Waals surface area contributed by atoms with Gasteiger partial charge in [-0.15, -0.1) is 0 Å². The molecule has 0 bridgehead atoms. The van der Waals surface area contributed by atoms with Crippen molar-refractivity contribution in [3.8, 4) is 5.75 Å². The van der Waals surface area contributed by atoms with Gasteiger partial charge in [-0.3, -0.25) is 4.79 Å². The minimum Gasteiger partial charge on any atom is -0.489 e. The first kappa shape index (κ1) is 16.1. The molecule has 1 N–H and O–H groups in total. The standard InChI is InChI=1S/C20H22N2O2/c1-3-13-22-19(16-10-6-8-12-18(16)24-14-4-2)21-17-11-7-5-9-15(17)20(22)23/h4-12,19,21H,2-3,13-14H2,1H3/t19-/m1/s1. The summed E-state index contributed by atoms with van der Waals surface area (Å²) in [6, 6.07) is 15.5. The van der Waals surface area contributed by atoms with E-state index in [2.05, 4.69) is 18.8 Å². The van der Waals surface area contributed by atoms with Gasteiger partial charge in [-0.1, -0.05) is 49.9 Å². The van der Waals surface area contributed by atoms with E-state index in [1.807, 2.05) is 53.4 Å². The van der Waals surface area contributed by atoms with Gasteiger partial charge in [-0.05, 0) is 24.6 Å². The van der Waals surface area contributed by atoms with Gasteiger partial charge in [0.1, 0.15) is 18.5 Å². The van der Waals surface area contributed by atoms with Crippen molar-refractivity contribution in [2.45, 2.75) is 19.5 Å². The molecule has 2 aromatic rings. The molecule has 0 fully saturated rings. The van der Waals surface area contributed by atoms with Crippen LogP contribution in [-0.4, -0.2) is 24.0 Å². The van der Waals surface area contributed by atoms with E-state index >= 15 is 0 Å². The van der Waals surface area contributed by atoms with Crippen LogP contribution < -0.4 is 10.1 Å². The van der Waals surface area contributed by atoms with Gasteiger partial charge in [-0.2, -0.15) is 0 Å². The third-order valence-corrected chi connectivity index (χ3v) is 4.06. The summed E-state index contributed by atoms with van der Waals surface area (Å²) in [5.74, 6) is 0.818. The van der Waals surface area contributed by atoms with Crippen LogP contribution in [0.4, 0.5) is 5.69 Å². The molecule has 0 radical (unpaired) electrons. The summed E-state index contributed by atoms with van der Waals surface area (Å²) in [6.45, 7) is 6.89. The lowest BCUT2D eigenvalue weighted by atomic mass is 10.0. The molecule has 2 aromatic carbocycles. The van der Waals surface area contributed by atoms with Crippen LogP contribution in [0.2, 0.25) is 0 Å². The Morgan fingerprint density at radius 2 is 1.96 bits per heavy atom. The Morgan fingerprint density at radius 3 is 2.75 bits per heavy atom. The van der Waals surface area contributed by atoms with Gasteiger partial charge in [0.15, 0.2) is 0 Å². The Labute approximate surface area is 142 Å². The number of amides is 1. The van der Waals surface area contributed by atoms with Crippen molar-refractivity contribution in [2.24, 2.45) is 0 Å². The van der Waals surface area contributed by atoms with E-state index in [9.17, 15) is 4.79 Å².